The van der Waals surface area contributed by atoms with Gasteiger partial charge < -0.3 is 15.5 Å². The molecule has 2 aliphatic rings. The number of guanidine groups is 1. The Bertz CT molecular complexity index is 258. The Labute approximate surface area is 105 Å². The Morgan fingerprint density at radius 3 is 2.65 bits per heavy atom. The number of likely N-dealkylation sites (tertiary alicyclic amines) is 2. The summed E-state index contributed by atoms with van der Waals surface area (Å²) < 4.78 is 0. The fourth-order valence-electron chi connectivity index (χ4n) is 2.87. The summed E-state index contributed by atoms with van der Waals surface area (Å²) in [5.41, 5.74) is 6.06. The summed E-state index contributed by atoms with van der Waals surface area (Å²) in [6.07, 6.45) is 6.49. The van der Waals surface area contributed by atoms with E-state index in [1.54, 1.807) is 0 Å². The first kappa shape index (κ1) is 12.7. The summed E-state index contributed by atoms with van der Waals surface area (Å²) in [5, 5.41) is 0. The van der Waals surface area contributed by atoms with Crippen LogP contribution in [0.15, 0.2) is 4.99 Å². The molecule has 0 aromatic rings. The van der Waals surface area contributed by atoms with Crippen LogP contribution in [-0.2, 0) is 0 Å². The van der Waals surface area contributed by atoms with Crippen molar-refractivity contribution in [2.45, 2.75) is 32.1 Å². The Morgan fingerprint density at radius 1 is 1.18 bits per heavy atom. The molecule has 0 aliphatic carbocycles. The van der Waals surface area contributed by atoms with E-state index in [0.29, 0.717) is 5.92 Å². The zero-order valence-corrected chi connectivity index (χ0v) is 11.1. The second-order valence-electron chi connectivity index (χ2n) is 5.52. The van der Waals surface area contributed by atoms with Crippen LogP contribution in [0.25, 0.3) is 0 Å². The van der Waals surface area contributed by atoms with Crippen LogP contribution in [0.1, 0.15) is 32.1 Å². The SMILES string of the molecule is CN1CCCC(CN=C(N)N2CCCCC2)C1. The first-order chi connectivity index (χ1) is 8.25. The van der Waals surface area contributed by atoms with Crippen molar-refractivity contribution in [3.8, 4) is 0 Å². The molecule has 1 unspecified atom stereocenters. The number of aliphatic imine (C=N–C) groups is 1. The van der Waals surface area contributed by atoms with E-state index in [-0.39, 0.29) is 0 Å². The lowest BCUT2D eigenvalue weighted by Crippen LogP contribution is -2.41. The van der Waals surface area contributed by atoms with Crippen LogP contribution < -0.4 is 5.73 Å². The highest BCUT2D eigenvalue weighted by molar-refractivity contribution is 5.78. The summed E-state index contributed by atoms with van der Waals surface area (Å²) in [7, 11) is 2.20. The molecule has 0 aromatic heterocycles. The van der Waals surface area contributed by atoms with Crippen molar-refractivity contribution in [2.24, 2.45) is 16.6 Å². The van der Waals surface area contributed by atoms with Crippen LogP contribution in [0.2, 0.25) is 0 Å². The monoisotopic (exact) mass is 238 g/mol. The van der Waals surface area contributed by atoms with Crippen molar-refractivity contribution in [2.75, 3.05) is 39.8 Å². The fourth-order valence-corrected chi connectivity index (χ4v) is 2.87. The second kappa shape index (κ2) is 6.24. The average Bonchev–Trinajstić information content (AvgIpc) is 2.37. The minimum Gasteiger partial charge on any atom is -0.370 e. The maximum Gasteiger partial charge on any atom is 0.191 e. The molecule has 2 heterocycles. The Balaban J connectivity index is 1.78. The molecule has 2 rings (SSSR count). The van der Waals surface area contributed by atoms with Gasteiger partial charge in [0.05, 0.1) is 0 Å². The van der Waals surface area contributed by atoms with E-state index in [0.717, 1.165) is 25.6 Å². The van der Waals surface area contributed by atoms with Gasteiger partial charge in [0.1, 0.15) is 0 Å². The van der Waals surface area contributed by atoms with Gasteiger partial charge in [-0.3, -0.25) is 4.99 Å². The normalized spacial score (nSPS) is 28.4. The Kier molecular flexibility index (Phi) is 4.66. The van der Waals surface area contributed by atoms with Crippen molar-refractivity contribution in [1.82, 2.24) is 9.80 Å². The highest BCUT2D eigenvalue weighted by Crippen LogP contribution is 2.15. The molecule has 2 saturated heterocycles. The van der Waals surface area contributed by atoms with E-state index in [1.807, 2.05) is 0 Å². The molecule has 2 N–H and O–H groups in total. The molecule has 0 radical (unpaired) electrons. The zero-order chi connectivity index (χ0) is 12.1. The second-order valence-corrected chi connectivity index (χ2v) is 5.52. The molecule has 4 heteroatoms. The minimum absolute atomic E-state index is 0.706. The first-order valence-corrected chi connectivity index (χ1v) is 6.99. The van der Waals surface area contributed by atoms with Gasteiger partial charge in [-0.1, -0.05) is 0 Å². The quantitative estimate of drug-likeness (QED) is 0.579. The summed E-state index contributed by atoms with van der Waals surface area (Å²) >= 11 is 0. The van der Waals surface area contributed by atoms with Gasteiger partial charge in [0.2, 0.25) is 0 Å². The molecule has 0 spiro atoms. The molecule has 17 heavy (non-hydrogen) atoms. The summed E-state index contributed by atoms with van der Waals surface area (Å²) in [5.74, 6) is 1.48. The molecular formula is C13H26N4. The summed E-state index contributed by atoms with van der Waals surface area (Å²) in [4.78, 5) is 9.25. The smallest absolute Gasteiger partial charge is 0.191 e. The molecule has 2 fully saturated rings. The third-order valence-electron chi connectivity index (χ3n) is 3.91. The predicted octanol–water partition coefficient (Wildman–Crippen LogP) is 1.13. The molecule has 4 nitrogen and oxygen atoms in total. The van der Waals surface area contributed by atoms with Gasteiger partial charge in [-0.2, -0.15) is 0 Å². The molecule has 0 aromatic carbocycles. The lowest BCUT2D eigenvalue weighted by atomic mass is 9.99. The van der Waals surface area contributed by atoms with Crippen molar-refractivity contribution < 1.29 is 0 Å². The number of piperidine rings is 2. The summed E-state index contributed by atoms with van der Waals surface area (Å²) in [6, 6.07) is 0. The zero-order valence-electron chi connectivity index (χ0n) is 11.1. The van der Waals surface area contributed by atoms with E-state index >= 15 is 0 Å². The Hall–Kier alpha value is -0.770. The molecule has 98 valence electrons. The van der Waals surface area contributed by atoms with Gasteiger partial charge in [-0.25, -0.2) is 0 Å². The van der Waals surface area contributed by atoms with Crippen LogP contribution in [0, 0.1) is 5.92 Å². The van der Waals surface area contributed by atoms with E-state index < -0.39 is 0 Å². The lowest BCUT2D eigenvalue weighted by molar-refractivity contribution is 0.214. The van der Waals surface area contributed by atoms with E-state index in [2.05, 4.69) is 21.8 Å². The maximum absolute atomic E-state index is 6.06. The fraction of sp³-hybridized carbons (Fsp3) is 0.923. The number of rotatable bonds is 2. The molecule has 2 aliphatic heterocycles. The molecule has 0 bridgehead atoms. The van der Waals surface area contributed by atoms with Crippen molar-refractivity contribution in [3.05, 3.63) is 0 Å². The largest absolute Gasteiger partial charge is 0.370 e. The van der Waals surface area contributed by atoms with Crippen LogP contribution in [0.3, 0.4) is 0 Å². The molecule has 0 amide bonds. The average molecular weight is 238 g/mol. The van der Waals surface area contributed by atoms with Crippen molar-refractivity contribution in [3.63, 3.8) is 0 Å². The van der Waals surface area contributed by atoms with Gasteiger partial charge in [0, 0.05) is 26.2 Å². The number of nitrogens with zero attached hydrogens (tertiary/aromatic N) is 3. The van der Waals surface area contributed by atoms with Crippen molar-refractivity contribution in [1.29, 1.82) is 0 Å². The number of hydrogen-bond donors (Lipinski definition) is 1. The molecule has 1 atom stereocenters. The maximum atomic E-state index is 6.06. The minimum atomic E-state index is 0.706. The Morgan fingerprint density at radius 2 is 1.94 bits per heavy atom. The third-order valence-corrected chi connectivity index (χ3v) is 3.91. The van der Waals surface area contributed by atoms with Crippen LogP contribution in [-0.4, -0.2) is 55.5 Å². The van der Waals surface area contributed by atoms with E-state index in [9.17, 15) is 0 Å². The number of nitrogens with two attached hydrogens (primary N) is 1. The molecule has 0 saturated carbocycles. The van der Waals surface area contributed by atoms with Crippen LogP contribution in [0.4, 0.5) is 0 Å². The molecular weight excluding hydrogens is 212 g/mol. The number of hydrogen-bond acceptors (Lipinski definition) is 2. The summed E-state index contributed by atoms with van der Waals surface area (Å²) in [6.45, 7) is 5.52. The standard InChI is InChI=1S/C13H26N4/c1-16-7-5-6-12(11-16)10-15-13(14)17-8-3-2-4-9-17/h12H,2-11H2,1H3,(H2,14,15). The van der Waals surface area contributed by atoms with Gasteiger partial charge in [-0.05, 0) is 51.6 Å². The van der Waals surface area contributed by atoms with Gasteiger partial charge in [-0.15, -0.1) is 0 Å². The van der Waals surface area contributed by atoms with Gasteiger partial charge in [0.25, 0.3) is 0 Å². The lowest BCUT2D eigenvalue weighted by Gasteiger charge is -2.30. The predicted molar refractivity (Wildman–Crippen MR) is 72.1 cm³/mol. The van der Waals surface area contributed by atoms with Crippen LogP contribution in [0.5, 0.6) is 0 Å². The van der Waals surface area contributed by atoms with Crippen LogP contribution >= 0.6 is 0 Å². The third kappa shape index (κ3) is 3.87. The highest BCUT2D eigenvalue weighted by Gasteiger charge is 2.17. The first-order valence-electron chi connectivity index (χ1n) is 6.99. The highest BCUT2D eigenvalue weighted by atomic mass is 15.3. The van der Waals surface area contributed by atoms with Gasteiger partial charge >= 0.3 is 0 Å². The topological polar surface area (TPSA) is 44.9 Å². The van der Waals surface area contributed by atoms with Crippen molar-refractivity contribution >= 4 is 5.96 Å². The van der Waals surface area contributed by atoms with E-state index in [4.69, 9.17) is 5.73 Å². The van der Waals surface area contributed by atoms with E-state index in [1.165, 1.54) is 45.2 Å². The van der Waals surface area contributed by atoms with Gasteiger partial charge in [0.15, 0.2) is 5.96 Å².